The largest absolute Gasteiger partial charge is 0.494 e. The second-order valence-corrected chi connectivity index (χ2v) is 9.11. The molecule has 1 aromatic rings. The molecule has 0 aliphatic heterocycles. The summed E-state index contributed by atoms with van der Waals surface area (Å²) in [7, 11) is 1.26. The summed E-state index contributed by atoms with van der Waals surface area (Å²) >= 11 is 2.54. The molecule has 0 amide bonds. The van der Waals surface area contributed by atoms with E-state index in [0.29, 0.717) is 5.92 Å². The van der Waals surface area contributed by atoms with Crippen LogP contribution in [-0.4, -0.2) is 17.0 Å². The smallest absolute Gasteiger partial charge is 0.314 e. The summed E-state index contributed by atoms with van der Waals surface area (Å²) in [6, 6.07) is 2.49. The molecule has 0 bridgehead atoms. The van der Waals surface area contributed by atoms with Crippen molar-refractivity contribution >= 4 is 28.6 Å². The molecule has 0 aromatic heterocycles. The van der Waals surface area contributed by atoms with Gasteiger partial charge in [-0.05, 0) is 56.6 Å². The predicted molar refractivity (Wildman–Crippen MR) is 111 cm³/mol. The standard InChI is InChI=1S/C21H29F2IO3/c1-3-5-16(24)7-4-6-14-8-10-15(11-9-14)21(25)27-18-13-12-17(26-2)19(22)20(18)23/h12-16H,3-11H2,1-2H3. The van der Waals surface area contributed by atoms with E-state index in [1.807, 2.05) is 0 Å². The van der Waals surface area contributed by atoms with Crippen molar-refractivity contribution < 1.29 is 23.0 Å². The van der Waals surface area contributed by atoms with Crippen LogP contribution in [0.2, 0.25) is 0 Å². The zero-order valence-electron chi connectivity index (χ0n) is 16.1. The topological polar surface area (TPSA) is 35.5 Å². The van der Waals surface area contributed by atoms with Gasteiger partial charge >= 0.3 is 5.97 Å². The molecular weight excluding hydrogens is 465 g/mol. The molecule has 0 spiro atoms. The van der Waals surface area contributed by atoms with Crippen molar-refractivity contribution in [1.29, 1.82) is 0 Å². The van der Waals surface area contributed by atoms with Gasteiger partial charge in [0.05, 0.1) is 13.0 Å². The molecule has 27 heavy (non-hydrogen) atoms. The van der Waals surface area contributed by atoms with E-state index in [4.69, 9.17) is 9.47 Å². The molecule has 0 N–H and O–H groups in total. The fraction of sp³-hybridized carbons (Fsp3) is 0.667. The summed E-state index contributed by atoms with van der Waals surface area (Å²) in [5, 5.41) is 0. The Balaban J connectivity index is 1.77. The first kappa shape index (κ1) is 22.4. The highest BCUT2D eigenvalue weighted by Gasteiger charge is 2.29. The van der Waals surface area contributed by atoms with Crippen LogP contribution in [0.25, 0.3) is 0 Å². The number of benzene rings is 1. The average molecular weight is 494 g/mol. The van der Waals surface area contributed by atoms with Crippen molar-refractivity contribution in [2.24, 2.45) is 11.8 Å². The van der Waals surface area contributed by atoms with Gasteiger partial charge in [0, 0.05) is 3.92 Å². The van der Waals surface area contributed by atoms with Gasteiger partial charge in [0.2, 0.25) is 11.6 Å². The van der Waals surface area contributed by atoms with Gasteiger partial charge in [0.25, 0.3) is 0 Å². The molecule has 1 atom stereocenters. The second kappa shape index (κ2) is 11.2. The second-order valence-electron chi connectivity index (χ2n) is 7.35. The van der Waals surface area contributed by atoms with Crippen LogP contribution in [0.4, 0.5) is 8.78 Å². The van der Waals surface area contributed by atoms with E-state index in [-0.39, 0.29) is 17.4 Å². The van der Waals surface area contributed by atoms with Gasteiger partial charge in [-0.1, -0.05) is 48.8 Å². The normalized spacial score (nSPS) is 20.9. The Morgan fingerprint density at radius 3 is 2.41 bits per heavy atom. The molecule has 1 aromatic carbocycles. The van der Waals surface area contributed by atoms with Gasteiger partial charge in [0.15, 0.2) is 11.5 Å². The zero-order valence-corrected chi connectivity index (χ0v) is 18.3. The number of methoxy groups -OCH3 is 1. The fourth-order valence-corrected chi connectivity index (χ4v) is 4.78. The fourth-order valence-electron chi connectivity index (χ4n) is 3.71. The first-order chi connectivity index (χ1) is 13.0. The van der Waals surface area contributed by atoms with Crippen molar-refractivity contribution in [3.8, 4) is 11.5 Å². The number of hydrogen-bond donors (Lipinski definition) is 0. The van der Waals surface area contributed by atoms with Crippen LogP contribution < -0.4 is 9.47 Å². The van der Waals surface area contributed by atoms with Gasteiger partial charge in [0.1, 0.15) is 0 Å². The molecule has 1 saturated carbocycles. The lowest BCUT2D eigenvalue weighted by molar-refractivity contribution is -0.140. The van der Waals surface area contributed by atoms with Crippen molar-refractivity contribution in [3.05, 3.63) is 23.8 Å². The van der Waals surface area contributed by atoms with E-state index < -0.39 is 17.6 Å². The molecule has 152 valence electrons. The van der Waals surface area contributed by atoms with Gasteiger partial charge in [-0.3, -0.25) is 4.79 Å². The van der Waals surface area contributed by atoms with Crippen LogP contribution in [0.1, 0.15) is 64.7 Å². The summed E-state index contributed by atoms with van der Waals surface area (Å²) in [5.74, 6) is -2.94. The van der Waals surface area contributed by atoms with Gasteiger partial charge < -0.3 is 9.47 Å². The molecule has 1 aliphatic rings. The third kappa shape index (κ3) is 6.57. The molecule has 6 heteroatoms. The number of esters is 1. The summed E-state index contributed by atoms with van der Waals surface area (Å²) in [6.45, 7) is 2.22. The lowest BCUT2D eigenvalue weighted by atomic mass is 9.80. The van der Waals surface area contributed by atoms with Crippen LogP contribution in [0.3, 0.4) is 0 Å². The lowest BCUT2D eigenvalue weighted by Gasteiger charge is -2.27. The van der Waals surface area contributed by atoms with Crippen molar-refractivity contribution in [2.75, 3.05) is 7.11 Å². The molecule has 1 unspecified atom stereocenters. The molecule has 1 fully saturated rings. The Labute approximate surface area is 174 Å². The number of ether oxygens (including phenoxy) is 2. The monoisotopic (exact) mass is 494 g/mol. The van der Waals surface area contributed by atoms with Gasteiger partial charge in [-0.25, -0.2) is 0 Å². The Bertz CT molecular complexity index is 616. The van der Waals surface area contributed by atoms with Crippen LogP contribution in [-0.2, 0) is 4.79 Å². The number of halogens is 3. The number of carbonyl (C=O) groups is 1. The molecule has 0 heterocycles. The minimum absolute atomic E-state index is 0.208. The van der Waals surface area contributed by atoms with E-state index in [2.05, 4.69) is 29.5 Å². The molecule has 3 nitrogen and oxygen atoms in total. The Hall–Kier alpha value is -0.920. The van der Waals surface area contributed by atoms with Crippen LogP contribution >= 0.6 is 22.6 Å². The number of carbonyl (C=O) groups excluding carboxylic acids is 1. The SMILES string of the molecule is CCCC(I)CCCC1CCC(C(=O)Oc2ccc(OC)c(F)c2F)CC1. The van der Waals surface area contributed by atoms with E-state index in [9.17, 15) is 13.6 Å². The number of hydrogen-bond acceptors (Lipinski definition) is 3. The minimum Gasteiger partial charge on any atom is -0.494 e. The summed E-state index contributed by atoms with van der Waals surface area (Å²) in [6.07, 6.45) is 9.74. The summed E-state index contributed by atoms with van der Waals surface area (Å²) in [4.78, 5) is 12.3. The van der Waals surface area contributed by atoms with Crippen LogP contribution in [0.15, 0.2) is 12.1 Å². The van der Waals surface area contributed by atoms with E-state index in [1.165, 1.54) is 51.3 Å². The lowest BCUT2D eigenvalue weighted by Crippen LogP contribution is -2.26. The van der Waals surface area contributed by atoms with Crippen molar-refractivity contribution in [2.45, 2.75) is 68.6 Å². The van der Waals surface area contributed by atoms with Gasteiger partial charge in [-0.2, -0.15) is 8.78 Å². The molecule has 0 radical (unpaired) electrons. The van der Waals surface area contributed by atoms with Crippen LogP contribution in [0, 0.1) is 23.5 Å². The Kier molecular flexibility index (Phi) is 9.26. The quantitative estimate of drug-likeness (QED) is 0.171. The predicted octanol–water partition coefficient (Wildman–Crippen LogP) is 6.46. The maximum absolute atomic E-state index is 14.0. The van der Waals surface area contributed by atoms with E-state index in [0.717, 1.165) is 29.6 Å². The minimum atomic E-state index is -1.18. The third-order valence-corrected chi connectivity index (χ3v) is 6.60. The van der Waals surface area contributed by atoms with Crippen molar-refractivity contribution in [3.63, 3.8) is 0 Å². The number of rotatable bonds is 9. The average Bonchev–Trinajstić information content (AvgIpc) is 2.66. The highest BCUT2D eigenvalue weighted by atomic mass is 127. The summed E-state index contributed by atoms with van der Waals surface area (Å²) < 4.78 is 38.3. The highest BCUT2D eigenvalue weighted by Crippen LogP contribution is 2.34. The maximum atomic E-state index is 14.0. The first-order valence-corrected chi connectivity index (χ1v) is 11.1. The first-order valence-electron chi connectivity index (χ1n) is 9.84. The molecule has 2 rings (SSSR count). The van der Waals surface area contributed by atoms with Crippen LogP contribution in [0.5, 0.6) is 11.5 Å². The molecule has 1 aliphatic carbocycles. The van der Waals surface area contributed by atoms with E-state index in [1.54, 1.807) is 0 Å². The Morgan fingerprint density at radius 2 is 1.78 bits per heavy atom. The maximum Gasteiger partial charge on any atom is 0.314 e. The molecular formula is C21H29F2IO3. The Morgan fingerprint density at radius 1 is 1.15 bits per heavy atom. The molecule has 0 saturated heterocycles. The highest BCUT2D eigenvalue weighted by molar-refractivity contribution is 14.1. The van der Waals surface area contributed by atoms with E-state index >= 15 is 0 Å². The summed E-state index contributed by atoms with van der Waals surface area (Å²) in [5.41, 5.74) is 0. The number of alkyl halides is 1. The zero-order chi connectivity index (χ0) is 19.8. The van der Waals surface area contributed by atoms with Crippen molar-refractivity contribution in [1.82, 2.24) is 0 Å². The third-order valence-electron chi connectivity index (χ3n) is 5.35. The van der Waals surface area contributed by atoms with Gasteiger partial charge in [-0.15, -0.1) is 0 Å².